The van der Waals surface area contributed by atoms with Gasteiger partial charge in [0.15, 0.2) is 0 Å². The topological polar surface area (TPSA) is 67.4 Å². The molecule has 0 radical (unpaired) electrons. The van der Waals surface area contributed by atoms with E-state index in [4.69, 9.17) is 4.74 Å². The minimum atomic E-state index is -0.248. The zero-order valence-corrected chi connectivity index (χ0v) is 15.4. The van der Waals surface area contributed by atoms with Crippen LogP contribution < -0.4 is 15.4 Å². The Morgan fingerprint density at radius 2 is 1.88 bits per heavy atom. The second-order valence-corrected chi connectivity index (χ2v) is 6.16. The summed E-state index contributed by atoms with van der Waals surface area (Å²) in [5, 5.41) is 5.68. The number of rotatable bonds is 7. The molecule has 2 aromatic rings. The Labute approximate surface area is 154 Å². The van der Waals surface area contributed by atoms with Gasteiger partial charge in [-0.05, 0) is 55.3 Å². The van der Waals surface area contributed by atoms with Gasteiger partial charge in [0.2, 0.25) is 5.91 Å². The molecule has 0 aromatic heterocycles. The SMILES string of the molecule is C=C(C)COc1cccc(C(=O)Nc2ccc(C)c(NC(=O)CC)c2)c1. The zero-order valence-electron chi connectivity index (χ0n) is 15.4. The van der Waals surface area contributed by atoms with E-state index in [0.717, 1.165) is 11.1 Å². The predicted molar refractivity (Wildman–Crippen MR) is 105 cm³/mol. The Morgan fingerprint density at radius 3 is 2.58 bits per heavy atom. The summed E-state index contributed by atoms with van der Waals surface area (Å²) in [6.45, 7) is 9.77. The molecule has 0 aliphatic carbocycles. The highest BCUT2D eigenvalue weighted by Gasteiger charge is 2.10. The quantitative estimate of drug-likeness (QED) is 0.718. The first-order valence-corrected chi connectivity index (χ1v) is 8.48. The monoisotopic (exact) mass is 352 g/mol. The largest absolute Gasteiger partial charge is 0.489 e. The maximum absolute atomic E-state index is 12.5. The van der Waals surface area contributed by atoms with Crippen LogP contribution in [0.4, 0.5) is 11.4 Å². The highest BCUT2D eigenvalue weighted by Crippen LogP contribution is 2.22. The number of hydrogen-bond acceptors (Lipinski definition) is 3. The number of carbonyl (C=O) groups excluding carboxylic acids is 2. The first-order valence-electron chi connectivity index (χ1n) is 8.48. The third-order valence-corrected chi connectivity index (χ3v) is 3.67. The summed E-state index contributed by atoms with van der Waals surface area (Å²) in [6.07, 6.45) is 0.396. The van der Waals surface area contributed by atoms with Gasteiger partial charge in [-0.2, -0.15) is 0 Å². The van der Waals surface area contributed by atoms with E-state index in [-0.39, 0.29) is 11.8 Å². The van der Waals surface area contributed by atoms with Crippen molar-refractivity contribution in [2.45, 2.75) is 27.2 Å². The van der Waals surface area contributed by atoms with Gasteiger partial charge in [-0.15, -0.1) is 0 Å². The molecule has 136 valence electrons. The van der Waals surface area contributed by atoms with E-state index in [9.17, 15) is 9.59 Å². The molecular weight excluding hydrogens is 328 g/mol. The smallest absolute Gasteiger partial charge is 0.255 e. The number of carbonyl (C=O) groups is 2. The van der Waals surface area contributed by atoms with E-state index in [0.29, 0.717) is 35.7 Å². The lowest BCUT2D eigenvalue weighted by atomic mass is 10.1. The Kier molecular flexibility index (Phi) is 6.55. The van der Waals surface area contributed by atoms with Crippen molar-refractivity contribution >= 4 is 23.2 Å². The van der Waals surface area contributed by atoms with Gasteiger partial charge < -0.3 is 15.4 Å². The molecule has 0 heterocycles. The zero-order chi connectivity index (χ0) is 19.1. The summed E-state index contributed by atoms with van der Waals surface area (Å²) < 4.78 is 5.57. The standard InChI is InChI=1S/C21H24N2O3/c1-5-20(24)23-19-12-17(10-9-15(19)4)22-21(25)16-7-6-8-18(11-16)26-13-14(2)3/h6-12H,2,5,13H2,1,3-4H3,(H,22,25)(H,23,24). The highest BCUT2D eigenvalue weighted by atomic mass is 16.5. The van der Waals surface area contributed by atoms with Gasteiger partial charge in [0, 0.05) is 23.4 Å². The van der Waals surface area contributed by atoms with Crippen LogP contribution in [0.5, 0.6) is 5.75 Å². The Bertz CT molecular complexity index is 828. The molecule has 0 fully saturated rings. The lowest BCUT2D eigenvalue weighted by molar-refractivity contribution is -0.115. The molecule has 0 unspecified atom stereocenters. The summed E-state index contributed by atoms with van der Waals surface area (Å²) in [5.74, 6) is 0.293. The van der Waals surface area contributed by atoms with Crippen molar-refractivity contribution in [3.63, 3.8) is 0 Å². The summed E-state index contributed by atoms with van der Waals surface area (Å²) in [7, 11) is 0. The van der Waals surface area contributed by atoms with E-state index in [2.05, 4.69) is 17.2 Å². The molecule has 0 aliphatic heterocycles. The van der Waals surface area contributed by atoms with E-state index in [1.165, 1.54) is 0 Å². The molecule has 0 saturated heterocycles. The van der Waals surface area contributed by atoms with E-state index in [1.807, 2.05) is 19.9 Å². The van der Waals surface area contributed by atoms with E-state index < -0.39 is 0 Å². The number of aryl methyl sites for hydroxylation is 1. The molecule has 0 aliphatic rings. The Morgan fingerprint density at radius 1 is 1.12 bits per heavy atom. The fraction of sp³-hybridized carbons (Fsp3) is 0.238. The van der Waals surface area contributed by atoms with Crippen molar-refractivity contribution in [2.24, 2.45) is 0 Å². The number of hydrogen-bond donors (Lipinski definition) is 2. The number of anilines is 2. The third kappa shape index (κ3) is 5.48. The molecule has 0 saturated carbocycles. The van der Waals surface area contributed by atoms with Crippen LogP contribution in [0.1, 0.15) is 36.2 Å². The fourth-order valence-corrected chi connectivity index (χ4v) is 2.21. The number of ether oxygens (including phenoxy) is 1. The van der Waals surface area contributed by atoms with Crippen LogP contribution in [0.2, 0.25) is 0 Å². The Balaban J connectivity index is 2.12. The average molecular weight is 352 g/mol. The molecule has 2 amide bonds. The van der Waals surface area contributed by atoms with Crippen LogP contribution in [0.3, 0.4) is 0 Å². The maximum atomic E-state index is 12.5. The molecule has 2 rings (SSSR count). The minimum absolute atomic E-state index is 0.0704. The number of benzene rings is 2. The van der Waals surface area contributed by atoms with Crippen molar-refractivity contribution in [2.75, 3.05) is 17.2 Å². The van der Waals surface area contributed by atoms with Crippen LogP contribution >= 0.6 is 0 Å². The molecule has 0 spiro atoms. The molecule has 26 heavy (non-hydrogen) atoms. The van der Waals surface area contributed by atoms with Gasteiger partial charge in [0.05, 0.1) is 0 Å². The second kappa shape index (κ2) is 8.85. The summed E-state index contributed by atoms with van der Waals surface area (Å²) in [4.78, 5) is 24.1. The molecule has 2 aromatic carbocycles. The van der Waals surface area contributed by atoms with Crippen LogP contribution in [-0.4, -0.2) is 18.4 Å². The van der Waals surface area contributed by atoms with Gasteiger partial charge in [-0.1, -0.05) is 25.6 Å². The van der Waals surface area contributed by atoms with Crippen LogP contribution in [0, 0.1) is 6.92 Å². The van der Waals surface area contributed by atoms with Crippen molar-refractivity contribution in [3.05, 3.63) is 65.7 Å². The Hall–Kier alpha value is -3.08. The molecule has 0 atom stereocenters. The van der Waals surface area contributed by atoms with Gasteiger partial charge in [0.25, 0.3) is 5.91 Å². The minimum Gasteiger partial charge on any atom is -0.489 e. The van der Waals surface area contributed by atoms with Crippen molar-refractivity contribution in [3.8, 4) is 5.75 Å². The second-order valence-electron chi connectivity index (χ2n) is 6.16. The first-order chi connectivity index (χ1) is 12.4. The van der Waals surface area contributed by atoms with Crippen LogP contribution in [0.25, 0.3) is 0 Å². The lowest BCUT2D eigenvalue weighted by Crippen LogP contribution is -2.14. The lowest BCUT2D eigenvalue weighted by Gasteiger charge is -2.12. The van der Waals surface area contributed by atoms with Gasteiger partial charge in [-0.3, -0.25) is 9.59 Å². The summed E-state index contributed by atoms with van der Waals surface area (Å²) in [5.41, 5.74) is 3.62. The first kappa shape index (κ1) is 19.2. The van der Waals surface area contributed by atoms with Crippen molar-refractivity contribution < 1.29 is 14.3 Å². The van der Waals surface area contributed by atoms with Gasteiger partial charge >= 0.3 is 0 Å². The van der Waals surface area contributed by atoms with Gasteiger partial charge in [-0.25, -0.2) is 0 Å². The third-order valence-electron chi connectivity index (χ3n) is 3.67. The molecule has 5 nitrogen and oxygen atoms in total. The highest BCUT2D eigenvalue weighted by molar-refractivity contribution is 6.05. The molecule has 5 heteroatoms. The summed E-state index contributed by atoms with van der Waals surface area (Å²) in [6, 6.07) is 12.4. The van der Waals surface area contributed by atoms with Crippen molar-refractivity contribution in [1.29, 1.82) is 0 Å². The fourth-order valence-electron chi connectivity index (χ4n) is 2.21. The summed E-state index contributed by atoms with van der Waals surface area (Å²) >= 11 is 0. The molecule has 2 N–H and O–H groups in total. The number of amides is 2. The molecular formula is C21H24N2O3. The number of nitrogens with one attached hydrogen (secondary N) is 2. The predicted octanol–water partition coefficient (Wildman–Crippen LogP) is 4.55. The van der Waals surface area contributed by atoms with Crippen LogP contribution in [0.15, 0.2) is 54.6 Å². The van der Waals surface area contributed by atoms with E-state index >= 15 is 0 Å². The average Bonchev–Trinajstić information content (AvgIpc) is 2.62. The van der Waals surface area contributed by atoms with Gasteiger partial charge in [0.1, 0.15) is 12.4 Å². The van der Waals surface area contributed by atoms with Crippen molar-refractivity contribution in [1.82, 2.24) is 0 Å². The van der Waals surface area contributed by atoms with E-state index in [1.54, 1.807) is 43.3 Å². The van der Waals surface area contributed by atoms with Crippen LogP contribution in [-0.2, 0) is 4.79 Å². The normalized spacial score (nSPS) is 10.1. The molecule has 0 bridgehead atoms. The maximum Gasteiger partial charge on any atom is 0.255 e.